The van der Waals surface area contributed by atoms with Gasteiger partial charge in [0.15, 0.2) is 4.80 Å². The lowest BCUT2D eigenvalue weighted by atomic mass is 9.96. The third-order valence-electron chi connectivity index (χ3n) is 6.14. The normalized spacial score (nSPS) is 18.3. The number of amides is 1. The summed E-state index contributed by atoms with van der Waals surface area (Å²) in [5, 5.41) is 0.537. The minimum absolute atomic E-state index is 0.190. The number of esters is 1. The van der Waals surface area contributed by atoms with Gasteiger partial charge in [-0.05, 0) is 44.5 Å². The Morgan fingerprint density at radius 2 is 1.83 bits per heavy atom. The minimum Gasteiger partial charge on any atom is -0.463 e. The molecule has 0 saturated heterocycles. The van der Waals surface area contributed by atoms with E-state index in [1.54, 1.807) is 43.0 Å². The largest absolute Gasteiger partial charge is 0.463 e. The summed E-state index contributed by atoms with van der Waals surface area (Å²) in [4.78, 5) is 47.0. The zero-order valence-electron chi connectivity index (χ0n) is 19.4. The van der Waals surface area contributed by atoms with Gasteiger partial charge in [0.2, 0.25) is 0 Å². The monoisotopic (exact) mass is 507 g/mol. The molecule has 0 radical (unpaired) electrons. The molecule has 0 N–H and O–H groups in total. The van der Waals surface area contributed by atoms with Gasteiger partial charge in [0.05, 0.1) is 35.2 Å². The van der Waals surface area contributed by atoms with E-state index in [1.165, 1.54) is 4.57 Å². The quantitative estimate of drug-likeness (QED) is 0.508. The number of carbonyl (C=O) groups excluding carboxylic acids is 2. The Bertz CT molecular complexity index is 1580. The summed E-state index contributed by atoms with van der Waals surface area (Å²) in [6, 6.07) is 13.7. The third kappa shape index (κ3) is 3.64. The molecule has 0 aliphatic carbocycles. The first-order valence-electron chi connectivity index (χ1n) is 11.3. The molecule has 1 unspecified atom stereocenters. The van der Waals surface area contributed by atoms with Crippen molar-refractivity contribution in [3.63, 3.8) is 0 Å². The Kier molecular flexibility index (Phi) is 5.94. The summed E-state index contributed by atoms with van der Waals surface area (Å²) in [6.07, 6.45) is 0. The molecule has 2 aromatic carbocycles. The van der Waals surface area contributed by atoms with Crippen molar-refractivity contribution >= 4 is 46.1 Å². The van der Waals surface area contributed by atoms with Crippen molar-refractivity contribution in [2.24, 2.45) is 4.99 Å². The van der Waals surface area contributed by atoms with Crippen molar-refractivity contribution < 1.29 is 14.3 Å². The van der Waals surface area contributed by atoms with Crippen LogP contribution in [0.4, 0.5) is 5.69 Å². The molecule has 35 heavy (non-hydrogen) atoms. The lowest BCUT2D eigenvalue weighted by Crippen LogP contribution is -2.41. The molecule has 1 atom stereocenters. The number of allylic oxidation sites excluding steroid dienone is 1. The molecule has 5 rings (SSSR count). The van der Waals surface area contributed by atoms with E-state index in [4.69, 9.17) is 16.3 Å². The van der Waals surface area contributed by atoms with Crippen LogP contribution in [-0.4, -0.2) is 29.6 Å². The number of rotatable bonds is 4. The standard InChI is InChI=1S/C26H22ClN3O4S/c1-4-29-18-9-7-6-8-17(18)20(23(29)31)22-24(32)30-21(15-10-12-16(27)13-11-15)19(25(33)34-5-2)14(3)28-26(30)35-22/h6-13,21H,4-5H2,1-3H3/b22-20+. The number of benzene rings is 2. The summed E-state index contributed by atoms with van der Waals surface area (Å²) >= 11 is 7.27. The number of aromatic nitrogens is 1. The molecule has 178 valence electrons. The Labute approximate surface area is 210 Å². The summed E-state index contributed by atoms with van der Waals surface area (Å²) in [6.45, 7) is 6.02. The second-order valence-electron chi connectivity index (χ2n) is 8.12. The SMILES string of the molecule is CCOC(=O)C1=C(C)N=c2s/c(=C3/C(=O)N(CC)c4ccccc43)c(=O)n2C1c1ccc(Cl)cc1. The highest BCUT2D eigenvalue weighted by Gasteiger charge is 2.36. The molecule has 9 heteroatoms. The molecule has 1 aromatic heterocycles. The number of hydrogen-bond acceptors (Lipinski definition) is 6. The van der Waals surface area contributed by atoms with Crippen LogP contribution in [0.3, 0.4) is 0 Å². The van der Waals surface area contributed by atoms with Gasteiger partial charge in [-0.25, -0.2) is 9.79 Å². The van der Waals surface area contributed by atoms with Gasteiger partial charge >= 0.3 is 5.97 Å². The smallest absolute Gasteiger partial charge is 0.338 e. The third-order valence-corrected chi connectivity index (χ3v) is 7.45. The fraction of sp³-hybridized carbons (Fsp3) is 0.231. The molecule has 1 amide bonds. The van der Waals surface area contributed by atoms with E-state index in [1.807, 2.05) is 31.2 Å². The Morgan fingerprint density at radius 3 is 2.51 bits per heavy atom. The maximum atomic E-state index is 14.0. The molecular formula is C26H22ClN3O4S. The van der Waals surface area contributed by atoms with Crippen LogP contribution >= 0.6 is 22.9 Å². The van der Waals surface area contributed by atoms with Gasteiger partial charge in [-0.15, -0.1) is 0 Å². The van der Waals surface area contributed by atoms with Crippen LogP contribution in [0.2, 0.25) is 5.02 Å². The number of anilines is 1. The average molecular weight is 508 g/mol. The summed E-state index contributed by atoms with van der Waals surface area (Å²) in [7, 11) is 0. The van der Waals surface area contributed by atoms with Gasteiger partial charge in [0, 0.05) is 17.1 Å². The van der Waals surface area contributed by atoms with Crippen molar-refractivity contribution in [1.82, 2.24) is 4.57 Å². The molecule has 0 spiro atoms. The number of para-hydroxylation sites is 1. The van der Waals surface area contributed by atoms with E-state index in [-0.39, 0.29) is 23.6 Å². The molecular weight excluding hydrogens is 486 g/mol. The second kappa shape index (κ2) is 8.94. The lowest BCUT2D eigenvalue weighted by Gasteiger charge is -2.24. The number of likely N-dealkylation sites (N-methyl/N-ethyl adjacent to an activating group) is 1. The topological polar surface area (TPSA) is 81.0 Å². The second-order valence-corrected chi connectivity index (χ2v) is 9.53. The highest BCUT2D eigenvalue weighted by Crippen LogP contribution is 2.35. The van der Waals surface area contributed by atoms with Crippen molar-refractivity contribution in [2.75, 3.05) is 18.1 Å². The molecule has 3 heterocycles. The highest BCUT2D eigenvalue weighted by atomic mass is 35.5. The van der Waals surface area contributed by atoms with Gasteiger partial charge < -0.3 is 9.64 Å². The van der Waals surface area contributed by atoms with Crippen LogP contribution < -0.4 is 19.8 Å². The van der Waals surface area contributed by atoms with Crippen LogP contribution in [0.5, 0.6) is 0 Å². The Hall–Kier alpha value is -3.49. The van der Waals surface area contributed by atoms with Crippen molar-refractivity contribution in [3.8, 4) is 0 Å². The molecule has 0 saturated carbocycles. The minimum atomic E-state index is -0.758. The Morgan fingerprint density at radius 1 is 1.11 bits per heavy atom. The molecule has 0 bridgehead atoms. The maximum Gasteiger partial charge on any atom is 0.338 e. The number of fused-ring (bicyclic) bond motifs is 2. The van der Waals surface area contributed by atoms with Gasteiger partial charge in [-0.2, -0.15) is 0 Å². The van der Waals surface area contributed by atoms with E-state index >= 15 is 0 Å². The van der Waals surface area contributed by atoms with E-state index in [0.29, 0.717) is 43.3 Å². The molecule has 2 aliphatic rings. The Balaban J connectivity index is 1.83. The number of ether oxygens (including phenoxy) is 1. The van der Waals surface area contributed by atoms with Gasteiger partial charge in [-0.1, -0.05) is 53.3 Å². The first-order chi connectivity index (χ1) is 16.9. The van der Waals surface area contributed by atoms with E-state index in [0.717, 1.165) is 17.0 Å². The average Bonchev–Trinajstić information content (AvgIpc) is 3.31. The first-order valence-corrected chi connectivity index (χ1v) is 12.5. The van der Waals surface area contributed by atoms with Crippen LogP contribution in [0.1, 0.15) is 37.9 Å². The summed E-state index contributed by atoms with van der Waals surface area (Å²) < 4.78 is 7.11. The first kappa shape index (κ1) is 23.3. The van der Waals surface area contributed by atoms with Gasteiger partial charge in [0.1, 0.15) is 4.53 Å². The fourth-order valence-electron chi connectivity index (χ4n) is 4.62. The molecule has 3 aromatic rings. The zero-order chi connectivity index (χ0) is 24.9. The molecule has 7 nitrogen and oxygen atoms in total. The zero-order valence-corrected chi connectivity index (χ0v) is 20.9. The lowest BCUT2D eigenvalue weighted by molar-refractivity contribution is -0.139. The van der Waals surface area contributed by atoms with Gasteiger partial charge in [0.25, 0.3) is 11.5 Å². The van der Waals surface area contributed by atoms with Crippen LogP contribution in [-0.2, 0) is 14.3 Å². The number of halogens is 1. The van der Waals surface area contributed by atoms with Gasteiger partial charge in [-0.3, -0.25) is 14.2 Å². The van der Waals surface area contributed by atoms with E-state index in [2.05, 4.69) is 4.99 Å². The van der Waals surface area contributed by atoms with Crippen LogP contribution in [0.25, 0.3) is 5.57 Å². The molecule has 0 fully saturated rings. The number of nitrogens with zero attached hydrogens (tertiary/aromatic N) is 3. The van der Waals surface area contributed by atoms with E-state index < -0.39 is 12.0 Å². The number of thiazole rings is 1. The number of hydrogen-bond donors (Lipinski definition) is 0. The summed E-state index contributed by atoms with van der Waals surface area (Å²) in [5.74, 6) is -0.755. The number of carbonyl (C=O) groups is 2. The molecule has 2 aliphatic heterocycles. The maximum absolute atomic E-state index is 14.0. The van der Waals surface area contributed by atoms with Crippen molar-refractivity contribution in [2.45, 2.75) is 26.8 Å². The van der Waals surface area contributed by atoms with E-state index in [9.17, 15) is 14.4 Å². The fourth-order valence-corrected chi connectivity index (χ4v) is 5.88. The predicted molar refractivity (Wildman–Crippen MR) is 135 cm³/mol. The van der Waals surface area contributed by atoms with Crippen molar-refractivity contribution in [1.29, 1.82) is 0 Å². The summed E-state index contributed by atoms with van der Waals surface area (Å²) in [5.41, 5.74) is 2.92. The predicted octanol–water partition coefficient (Wildman–Crippen LogP) is 3.19. The highest BCUT2D eigenvalue weighted by molar-refractivity contribution is 7.07. The van der Waals surface area contributed by atoms with Crippen LogP contribution in [0.15, 0.2) is 69.6 Å². The van der Waals surface area contributed by atoms with Crippen molar-refractivity contribution in [3.05, 3.63) is 95.6 Å². The van der Waals surface area contributed by atoms with Crippen LogP contribution in [0, 0.1) is 0 Å².